The molecule has 0 fully saturated rings. The molecule has 4 heterocycles. The van der Waals surface area contributed by atoms with Crippen LogP contribution in [-0.2, 0) is 19.4 Å². The van der Waals surface area contributed by atoms with Crippen LogP contribution >= 0.6 is 22.7 Å². The second kappa shape index (κ2) is 12.5. The van der Waals surface area contributed by atoms with Gasteiger partial charge in [0.1, 0.15) is 5.75 Å². The molecule has 3 aromatic carbocycles. The minimum Gasteiger partial charge on any atom is -0.494 e. The van der Waals surface area contributed by atoms with Gasteiger partial charge >= 0.3 is 5.97 Å². The number of thiazole rings is 2. The minimum absolute atomic E-state index is 0.0820. The van der Waals surface area contributed by atoms with E-state index in [4.69, 9.17) is 4.74 Å². The molecular formula is C34H29N5O4S2. The molecule has 226 valence electrons. The van der Waals surface area contributed by atoms with Crippen LogP contribution < -0.4 is 15.0 Å². The summed E-state index contributed by atoms with van der Waals surface area (Å²) in [5.41, 5.74) is 5.77. The second-order valence-electron chi connectivity index (χ2n) is 10.7. The Hall–Kier alpha value is -5.00. The van der Waals surface area contributed by atoms with Crippen LogP contribution in [-0.4, -0.2) is 45.1 Å². The number of nitrogens with zero attached hydrogens (tertiary/aromatic N) is 3. The number of aromatic amines is 1. The molecule has 1 amide bonds. The number of carboxylic acid groups (broad SMARTS) is 1. The zero-order valence-corrected chi connectivity index (χ0v) is 25.8. The molecule has 1 aliphatic rings. The first-order valence-electron chi connectivity index (χ1n) is 14.6. The molecule has 0 aliphatic carbocycles. The van der Waals surface area contributed by atoms with Gasteiger partial charge in [-0.15, -0.1) is 11.3 Å². The van der Waals surface area contributed by atoms with Crippen LogP contribution in [0.4, 0.5) is 10.3 Å². The number of ether oxygens (including phenoxy) is 1. The van der Waals surface area contributed by atoms with Crippen molar-refractivity contribution in [3.63, 3.8) is 0 Å². The summed E-state index contributed by atoms with van der Waals surface area (Å²) in [6.45, 7) is 1.61. The minimum atomic E-state index is -1.04. The van der Waals surface area contributed by atoms with Gasteiger partial charge in [0.2, 0.25) is 0 Å². The van der Waals surface area contributed by atoms with Gasteiger partial charge in [-0.25, -0.2) is 14.8 Å². The molecule has 0 spiro atoms. The number of para-hydroxylation sites is 1. The van der Waals surface area contributed by atoms with E-state index in [0.717, 1.165) is 49.5 Å². The lowest BCUT2D eigenvalue weighted by Crippen LogP contribution is -2.32. The van der Waals surface area contributed by atoms with E-state index in [-0.39, 0.29) is 11.6 Å². The first-order chi connectivity index (χ1) is 22.0. The van der Waals surface area contributed by atoms with Crippen molar-refractivity contribution in [1.29, 1.82) is 0 Å². The second-order valence-corrected chi connectivity index (χ2v) is 12.8. The number of hydrogen-bond acceptors (Lipinski definition) is 8. The zero-order chi connectivity index (χ0) is 30.8. The normalized spacial score (nSPS) is 12.7. The summed E-state index contributed by atoms with van der Waals surface area (Å²) >= 11 is 2.84. The van der Waals surface area contributed by atoms with E-state index >= 15 is 0 Å². The van der Waals surface area contributed by atoms with Crippen LogP contribution in [0.25, 0.3) is 21.3 Å². The monoisotopic (exact) mass is 635 g/mol. The quantitative estimate of drug-likeness (QED) is 0.135. The molecule has 6 aromatic rings. The molecule has 0 saturated carbocycles. The SMILES string of the molecule is O=C(Nc1nc2ccccc2s1)c1cccc2c1CN(c1nc(C(=O)O)c(CCCOc3ccc(-c4cc[nH]c4)cc3)s1)CC2. The van der Waals surface area contributed by atoms with Gasteiger partial charge < -0.3 is 19.7 Å². The molecule has 0 bridgehead atoms. The van der Waals surface area contributed by atoms with Crippen molar-refractivity contribution in [2.24, 2.45) is 0 Å². The highest BCUT2D eigenvalue weighted by atomic mass is 32.1. The smallest absolute Gasteiger partial charge is 0.355 e. The van der Waals surface area contributed by atoms with Gasteiger partial charge in [0.15, 0.2) is 16.0 Å². The molecule has 0 atom stereocenters. The van der Waals surface area contributed by atoms with E-state index in [1.807, 2.05) is 85.2 Å². The Labute approximate surface area is 267 Å². The molecule has 3 N–H and O–H groups in total. The summed E-state index contributed by atoms with van der Waals surface area (Å²) in [7, 11) is 0. The number of anilines is 2. The van der Waals surface area contributed by atoms with Crippen molar-refractivity contribution in [1.82, 2.24) is 15.0 Å². The summed E-state index contributed by atoms with van der Waals surface area (Å²) in [4.78, 5) is 40.5. The van der Waals surface area contributed by atoms with Crippen LogP contribution in [0.5, 0.6) is 5.75 Å². The molecule has 9 nitrogen and oxygen atoms in total. The third-order valence-electron chi connectivity index (χ3n) is 7.79. The van der Waals surface area contributed by atoms with Crippen molar-refractivity contribution >= 4 is 55.0 Å². The Morgan fingerprint density at radius 3 is 2.64 bits per heavy atom. The number of carbonyl (C=O) groups is 2. The standard InChI is InChI=1S/C34H29N5O4S2/c40-31(38-33-36-27-7-1-2-8-28(27)44-33)25-6-3-5-22-15-17-39(20-26(22)25)34-37-30(32(41)42)29(45-34)9-4-18-43-24-12-10-21(11-13-24)23-14-16-35-19-23/h1-3,5-8,10-14,16,19,35H,4,9,15,17-18,20H2,(H,41,42)(H,36,38,40). The molecule has 45 heavy (non-hydrogen) atoms. The molecule has 0 radical (unpaired) electrons. The van der Waals surface area contributed by atoms with E-state index in [2.05, 4.69) is 25.2 Å². The van der Waals surface area contributed by atoms with Gasteiger partial charge in [-0.3, -0.25) is 10.1 Å². The summed E-state index contributed by atoms with van der Waals surface area (Å²) in [6, 6.07) is 23.5. The number of carboxylic acids is 1. The maximum absolute atomic E-state index is 13.4. The largest absolute Gasteiger partial charge is 0.494 e. The average Bonchev–Trinajstić information content (AvgIpc) is 3.83. The Morgan fingerprint density at radius 2 is 1.84 bits per heavy atom. The number of benzene rings is 3. The van der Waals surface area contributed by atoms with Crippen molar-refractivity contribution in [3.05, 3.63) is 112 Å². The molecule has 11 heteroatoms. The van der Waals surface area contributed by atoms with Gasteiger partial charge in [0.25, 0.3) is 5.91 Å². The summed E-state index contributed by atoms with van der Waals surface area (Å²) in [5, 5.41) is 14.1. The highest BCUT2D eigenvalue weighted by Gasteiger charge is 2.26. The Bertz CT molecular complexity index is 1950. The van der Waals surface area contributed by atoms with E-state index < -0.39 is 5.97 Å². The average molecular weight is 636 g/mol. The zero-order valence-electron chi connectivity index (χ0n) is 24.2. The number of rotatable bonds is 10. The van der Waals surface area contributed by atoms with E-state index in [9.17, 15) is 14.7 Å². The number of fused-ring (bicyclic) bond motifs is 2. The molecule has 0 unspecified atom stereocenters. The number of amides is 1. The summed E-state index contributed by atoms with van der Waals surface area (Å²) in [6.07, 6.45) is 5.76. The summed E-state index contributed by atoms with van der Waals surface area (Å²) < 4.78 is 6.95. The Morgan fingerprint density at radius 1 is 0.978 bits per heavy atom. The number of aromatic nitrogens is 3. The third kappa shape index (κ3) is 6.17. The first-order valence-corrected chi connectivity index (χ1v) is 16.3. The fourth-order valence-corrected chi connectivity index (χ4v) is 7.51. The Balaban J connectivity index is 1.01. The number of H-pyrrole nitrogens is 1. The Kier molecular flexibility index (Phi) is 8.02. The van der Waals surface area contributed by atoms with Crippen molar-refractivity contribution in [3.8, 4) is 16.9 Å². The predicted molar refractivity (Wildman–Crippen MR) is 178 cm³/mol. The topological polar surface area (TPSA) is 120 Å². The van der Waals surface area contributed by atoms with Crippen LogP contribution in [0.15, 0.2) is 85.2 Å². The van der Waals surface area contributed by atoms with Gasteiger partial charge in [0.05, 0.1) is 16.8 Å². The van der Waals surface area contributed by atoms with Crippen LogP contribution in [0.2, 0.25) is 0 Å². The van der Waals surface area contributed by atoms with Crippen molar-refractivity contribution < 1.29 is 19.4 Å². The lowest BCUT2D eigenvalue weighted by Gasteiger charge is -2.29. The summed E-state index contributed by atoms with van der Waals surface area (Å²) in [5.74, 6) is -0.479. The van der Waals surface area contributed by atoms with Crippen LogP contribution in [0.1, 0.15) is 43.3 Å². The highest BCUT2D eigenvalue weighted by molar-refractivity contribution is 7.22. The van der Waals surface area contributed by atoms with Crippen LogP contribution in [0, 0.1) is 0 Å². The maximum atomic E-state index is 13.4. The number of nitrogens with one attached hydrogen (secondary N) is 2. The number of hydrogen-bond donors (Lipinski definition) is 3. The van der Waals surface area contributed by atoms with E-state index in [1.54, 1.807) is 0 Å². The lowest BCUT2D eigenvalue weighted by atomic mass is 9.94. The van der Waals surface area contributed by atoms with Gasteiger partial charge in [-0.1, -0.05) is 47.7 Å². The molecule has 0 saturated heterocycles. The molecule has 7 rings (SSSR count). The highest BCUT2D eigenvalue weighted by Crippen LogP contribution is 2.33. The number of aryl methyl sites for hydroxylation is 1. The van der Waals surface area contributed by atoms with Crippen LogP contribution in [0.3, 0.4) is 0 Å². The molecule has 3 aromatic heterocycles. The fraction of sp³-hybridized carbons (Fsp3) is 0.176. The van der Waals surface area contributed by atoms with E-state index in [1.165, 1.54) is 22.7 Å². The number of carbonyl (C=O) groups excluding carboxylic acids is 1. The third-order valence-corrected chi connectivity index (χ3v) is 9.92. The van der Waals surface area contributed by atoms with Gasteiger partial charge in [0, 0.05) is 35.9 Å². The van der Waals surface area contributed by atoms with Crippen molar-refractivity contribution in [2.45, 2.75) is 25.8 Å². The molecular weight excluding hydrogens is 607 g/mol. The van der Waals surface area contributed by atoms with Gasteiger partial charge in [-0.2, -0.15) is 0 Å². The van der Waals surface area contributed by atoms with E-state index in [0.29, 0.717) is 48.4 Å². The van der Waals surface area contributed by atoms with Gasteiger partial charge in [-0.05, 0) is 77.9 Å². The predicted octanol–water partition coefficient (Wildman–Crippen LogP) is 7.27. The molecule has 1 aliphatic heterocycles. The first kappa shape index (κ1) is 28.8. The number of aromatic carboxylic acids is 1. The fourth-order valence-electron chi connectivity index (χ4n) is 5.53. The maximum Gasteiger partial charge on any atom is 0.355 e. The lowest BCUT2D eigenvalue weighted by molar-refractivity contribution is 0.0690. The van der Waals surface area contributed by atoms with Crippen molar-refractivity contribution in [2.75, 3.05) is 23.4 Å².